The molecule has 3 rings (SSSR count). The van der Waals surface area contributed by atoms with Crippen molar-refractivity contribution in [1.82, 2.24) is 14.8 Å². The highest BCUT2D eigenvalue weighted by atomic mass is 16.4. The van der Waals surface area contributed by atoms with Crippen LogP contribution in [-0.4, -0.2) is 57.4 Å². The standard InChI is InChI=1S/C20H29N3O3/c1-14(2)11-20(19(25)26)12-16(18(24)23-9-4-5-10-23)17(22(20)3)15-7-6-8-21-13-15/h6-8,13-14,16-17H,4-5,9-12H2,1-3H3,(H,25,26)/t16-,17-,20-/m0/s1. The fraction of sp³-hybridized carbons (Fsp3) is 0.650. The first-order valence-corrected chi connectivity index (χ1v) is 9.52. The number of carboxylic acid groups (broad SMARTS) is 1. The van der Waals surface area contributed by atoms with Gasteiger partial charge in [0, 0.05) is 31.5 Å². The van der Waals surface area contributed by atoms with E-state index in [0.29, 0.717) is 12.8 Å². The molecule has 1 N–H and O–H groups in total. The molecule has 142 valence electrons. The molecule has 6 heteroatoms. The molecule has 0 unspecified atom stereocenters. The van der Waals surface area contributed by atoms with Gasteiger partial charge in [0.25, 0.3) is 0 Å². The van der Waals surface area contributed by atoms with Crippen molar-refractivity contribution in [2.24, 2.45) is 11.8 Å². The minimum absolute atomic E-state index is 0.0927. The summed E-state index contributed by atoms with van der Waals surface area (Å²) in [6.45, 7) is 5.63. The number of carboxylic acids is 1. The van der Waals surface area contributed by atoms with Gasteiger partial charge in [-0.1, -0.05) is 19.9 Å². The van der Waals surface area contributed by atoms with Crippen LogP contribution >= 0.6 is 0 Å². The molecule has 26 heavy (non-hydrogen) atoms. The van der Waals surface area contributed by atoms with Crippen LogP contribution in [0.1, 0.15) is 51.1 Å². The molecule has 1 amide bonds. The summed E-state index contributed by atoms with van der Waals surface area (Å²) in [5.41, 5.74) is -0.103. The molecule has 1 aromatic heterocycles. The van der Waals surface area contributed by atoms with E-state index in [1.54, 1.807) is 12.4 Å². The van der Waals surface area contributed by atoms with Crippen molar-refractivity contribution in [3.05, 3.63) is 30.1 Å². The van der Waals surface area contributed by atoms with Gasteiger partial charge in [0.1, 0.15) is 5.54 Å². The molecule has 0 radical (unpaired) electrons. The van der Waals surface area contributed by atoms with E-state index < -0.39 is 11.5 Å². The Kier molecular flexibility index (Phi) is 5.32. The number of carbonyl (C=O) groups excluding carboxylic acids is 1. The highest BCUT2D eigenvalue weighted by Gasteiger charge is 2.57. The summed E-state index contributed by atoms with van der Waals surface area (Å²) in [6, 6.07) is 3.54. The number of likely N-dealkylation sites (N-methyl/N-ethyl adjacent to an activating group) is 1. The highest BCUT2D eigenvalue weighted by Crippen LogP contribution is 2.49. The number of pyridine rings is 1. The van der Waals surface area contributed by atoms with Gasteiger partial charge in [0.2, 0.25) is 5.91 Å². The average molecular weight is 359 g/mol. The van der Waals surface area contributed by atoms with Crippen molar-refractivity contribution in [3.8, 4) is 0 Å². The van der Waals surface area contributed by atoms with Gasteiger partial charge in [-0.2, -0.15) is 0 Å². The first-order valence-electron chi connectivity index (χ1n) is 9.52. The number of hydrogen-bond donors (Lipinski definition) is 1. The van der Waals surface area contributed by atoms with Crippen LogP contribution < -0.4 is 0 Å². The second-order valence-electron chi connectivity index (χ2n) is 8.12. The Hall–Kier alpha value is -1.95. The zero-order valence-corrected chi connectivity index (χ0v) is 15.9. The molecule has 3 heterocycles. The molecule has 2 saturated heterocycles. The summed E-state index contributed by atoms with van der Waals surface area (Å²) in [5, 5.41) is 10.1. The molecule has 0 bridgehead atoms. The summed E-state index contributed by atoms with van der Waals surface area (Å²) in [4.78, 5) is 33.7. The second kappa shape index (κ2) is 7.35. The second-order valence-corrected chi connectivity index (χ2v) is 8.12. The van der Waals surface area contributed by atoms with E-state index in [9.17, 15) is 14.7 Å². The normalized spacial score (nSPS) is 29.5. The quantitative estimate of drug-likeness (QED) is 0.875. The van der Waals surface area contributed by atoms with Gasteiger partial charge in [0.05, 0.1) is 5.92 Å². The Morgan fingerprint density at radius 2 is 2.04 bits per heavy atom. The number of amides is 1. The van der Waals surface area contributed by atoms with E-state index in [0.717, 1.165) is 31.5 Å². The average Bonchev–Trinajstić information content (AvgIpc) is 3.23. The first-order chi connectivity index (χ1) is 12.4. The molecule has 2 aliphatic heterocycles. The van der Waals surface area contributed by atoms with Crippen molar-refractivity contribution in [3.63, 3.8) is 0 Å². The predicted molar refractivity (Wildman–Crippen MR) is 98.5 cm³/mol. The number of likely N-dealkylation sites (tertiary alicyclic amines) is 2. The van der Waals surface area contributed by atoms with E-state index in [4.69, 9.17) is 0 Å². The van der Waals surface area contributed by atoms with Crippen LogP contribution in [0, 0.1) is 11.8 Å². The molecule has 0 spiro atoms. The number of carbonyl (C=O) groups is 2. The summed E-state index contributed by atoms with van der Waals surface area (Å²) in [5.74, 6) is -0.865. The third kappa shape index (κ3) is 3.22. The molecule has 1 aromatic rings. The smallest absolute Gasteiger partial charge is 0.324 e. The van der Waals surface area contributed by atoms with Crippen LogP contribution in [-0.2, 0) is 9.59 Å². The number of rotatable bonds is 5. The molecular weight excluding hydrogens is 330 g/mol. The van der Waals surface area contributed by atoms with Crippen LogP contribution in [0.5, 0.6) is 0 Å². The van der Waals surface area contributed by atoms with Crippen LogP contribution in [0.4, 0.5) is 0 Å². The molecule has 6 nitrogen and oxygen atoms in total. The fourth-order valence-electron chi connectivity index (χ4n) is 4.78. The Balaban J connectivity index is 2.01. The van der Waals surface area contributed by atoms with Crippen molar-refractivity contribution >= 4 is 11.9 Å². The van der Waals surface area contributed by atoms with E-state index in [1.165, 1.54) is 0 Å². The van der Waals surface area contributed by atoms with Gasteiger partial charge in [-0.05, 0) is 50.3 Å². The molecule has 0 aromatic carbocycles. The van der Waals surface area contributed by atoms with Crippen LogP contribution in [0.25, 0.3) is 0 Å². The van der Waals surface area contributed by atoms with Gasteiger partial charge in [0.15, 0.2) is 0 Å². The van der Waals surface area contributed by atoms with Gasteiger partial charge in [-0.15, -0.1) is 0 Å². The molecular formula is C20H29N3O3. The van der Waals surface area contributed by atoms with Crippen LogP contribution in [0.3, 0.4) is 0 Å². The maximum Gasteiger partial charge on any atom is 0.324 e. The third-order valence-electron chi connectivity index (χ3n) is 5.94. The van der Waals surface area contributed by atoms with Crippen LogP contribution in [0.2, 0.25) is 0 Å². The van der Waals surface area contributed by atoms with E-state index in [2.05, 4.69) is 4.98 Å². The minimum atomic E-state index is -1.02. The van der Waals surface area contributed by atoms with E-state index in [1.807, 2.05) is 42.8 Å². The maximum absolute atomic E-state index is 13.3. The van der Waals surface area contributed by atoms with Crippen molar-refractivity contribution in [2.75, 3.05) is 20.1 Å². The Labute approximate surface area is 155 Å². The Morgan fingerprint density at radius 3 is 2.58 bits per heavy atom. The molecule has 0 saturated carbocycles. The zero-order chi connectivity index (χ0) is 18.9. The van der Waals surface area contributed by atoms with Crippen molar-refractivity contribution in [2.45, 2.75) is 51.1 Å². The van der Waals surface area contributed by atoms with Gasteiger partial charge >= 0.3 is 5.97 Å². The summed E-state index contributed by atoms with van der Waals surface area (Å²) < 4.78 is 0. The fourth-order valence-corrected chi connectivity index (χ4v) is 4.78. The minimum Gasteiger partial charge on any atom is -0.480 e. The van der Waals surface area contributed by atoms with Crippen molar-refractivity contribution in [1.29, 1.82) is 0 Å². The number of hydrogen-bond acceptors (Lipinski definition) is 4. The third-order valence-corrected chi connectivity index (χ3v) is 5.94. The van der Waals surface area contributed by atoms with Gasteiger partial charge in [-0.25, -0.2) is 0 Å². The van der Waals surface area contributed by atoms with E-state index >= 15 is 0 Å². The summed E-state index contributed by atoms with van der Waals surface area (Å²) >= 11 is 0. The highest BCUT2D eigenvalue weighted by molar-refractivity contribution is 5.85. The lowest BCUT2D eigenvalue weighted by molar-refractivity contribution is -0.151. The number of nitrogens with zero attached hydrogens (tertiary/aromatic N) is 3. The zero-order valence-electron chi connectivity index (χ0n) is 15.9. The topological polar surface area (TPSA) is 73.7 Å². The Bertz CT molecular complexity index is 658. The Morgan fingerprint density at radius 1 is 1.35 bits per heavy atom. The van der Waals surface area contributed by atoms with Gasteiger partial charge < -0.3 is 10.0 Å². The van der Waals surface area contributed by atoms with Gasteiger partial charge in [-0.3, -0.25) is 19.5 Å². The number of aliphatic carboxylic acids is 1. The summed E-state index contributed by atoms with van der Waals surface area (Å²) in [7, 11) is 1.85. The molecule has 2 fully saturated rings. The summed E-state index contributed by atoms with van der Waals surface area (Å²) in [6.07, 6.45) is 6.40. The lowest BCUT2D eigenvalue weighted by Gasteiger charge is -2.36. The predicted octanol–water partition coefficient (Wildman–Crippen LogP) is 2.57. The molecule has 0 aliphatic carbocycles. The first kappa shape index (κ1) is 18.8. The van der Waals surface area contributed by atoms with E-state index in [-0.39, 0.29) is 23.8 Å². The monoisotopic (exact) mass is 359 g/mol. The SMILES string of the molecule is CC(C)C[C@@]1(C(=O)O)C[C@H](C(=O)N2CCCC2)[C@H](c2cccnc2)N1C. The maximum atomic E-state index is 13.3. The molecule has 3 atom stereocenters. The number of aromatic nitrogens is 1. The van der Waals surface area contributed by atoms with Crippen molar-refractivity contribution < 1.29 is 14.7 Å². The lowest BCUT2D eigenvalue weighted by atomic mass is 9.83. The van der Waals surface area contributed by atoms with Crippen LogP contribution in [0.15, 0.2) is 24.5 Å². The largest absolute Gasteiger partial charge is 0.480 e. The lowest BCUT2D eigenvalue weighted by Crippen LogP contribution is -2.50. The molecule has 2 aliphatic rings.